The summed E-state index contributed by atoms with van der Waals surface area (Å²) in [4.78, 5) is 59.1. The topological polar surface area (TPSA) is 124 Å². The first kappa shape index (κ1) is 25.4. The van der Waals surface area contributed by atoms with E-state index in [1.807, 2.05) is 6.92 Å². The predicted octanol–water partition coefficient (Wildman–Crippen LogP) is 4.13. The largest absolute Gasteiger partial charge is 0.327 e. The number of ketones is 2. The van der Waals surface area contributed by atoms with E-state index in [-0.39, 0.29) is 41.2 Å². The number of pyridine rings is 2. The van der Waals surface area contributed by atoms with Crippen molar-refractivity contribution < 1.29 is 14.4 Å². The summed E-state index contributed by atoms with van der Waals surface area (Å²) in [6, 6.07) is 6.39. The Hall–Kier alpha value is -3.86. The van der Waals surface area contributed by atoms with Crippen LogP contribution in [0.25, 0.3) is 22.2 Å². The third-order valence-corrected chi connectivity index (χ3v) is 8.23. The lowest BCUT2D eigenvalue weighted by molar-refractivity contribution is -0.133. The van der Waals surface area contributed by atoms with Gasteiger partial charge in [-0.15, -0.1) is 0 Å². The quantitative estimate of drug-likeness (QED) is 0.243. The molecule has 0 radical (unpaired) electrons. The van der Waals surface area contributed by atoms with Crippen LogP contribution >= 0.6 is 15.9 Å². The van der Waals surface area contributed by atoms with Gasteiger partial charge in [0, 0.05) is 36.3 Å². The molecule has 1 saturated heterocycles. The van der Waals surface area contributed by atoms with Crippen LogP contribution in [0.4, 0.5) is 0 Å². The van der Waals surface area contributed by atoms with Crippen molar-refractivity contribution in [2.45, 2.75) is 59.2 Å². The summed E-state index contributed by atoms with van der Waals surface area (Å²) in [5.41, 5.74) is 3.08. The average molecular weight is 588 g/mol. The van der Waals surface area contributed by atoms with Crippen molar-refractivity contribution in [2.24, 2.45) is 5.41 Å². The monoisotopic (exact) mass is 587 g/mol. The molecule has 1 aliphatic heterocycles. The van der Waals surface area contributed by atoms with Crippen molar-refractivity contribution >= 4 is 44.3 Å². The first-order valence-electron chi connectivity index (χ1n) is 12.7. The highest BCUT2D eigenvalue weighted by molar-refractivity contribution is 9.10. The maximum Gasteiger partial charge on any atom is 0.245 e. The Balaban J connectivity index is 1.36. The minimum Gasteiger partial charge on any atom is -0.327 e. The standard InChI is InChI=1S/C28H26BrN7O3/c1-14-26-18(8-20(32-14)17-11-30-16(3)31-12-17)25(15(2)37)34-35(26)13-24(38)36-21(9-28(4)10-22(28)36)27(39)19-6-5-7-23(29)33-19/h5-8,11-12,21-22H,9-10,13H2,1-4H3. The fraction of sp³-hybridized carbons (Fsp3) is 0.357. The van der Waals surface area contributed by atoms with Crippen molar-refractivity contribution in [1.29, 1.82) is 0 Å². The van der Waals surface area contributed by atoms with Crippen molar-refractivity contribution in [2.75, 3.05) is 0 Å². The molecule has 39 heavy (non-hydrogen) atoms. The van der Waals surface area contributed by atoms with Gasteiger partial charge in [-0.2, -0.15) is 5.10 Å². The molecule has 3 unspecified atom stereocenters. The maximum absolute atomic E-state index is 13.8. The third kappa shape index (κ3) is 4.34. The summed E-state index contributed by atoms with van der Waals surface area (Å²) in [6.45, 7) is 7.09. The van der Waals surface area contributed by atoms with Crippen LogP contribution in [0.3, 0.4) is 0 Å². The number of likely N-dealkylation sites (tertiary alicyclic amines) is 1. The van der Waals surface area contributed by atoms with Gasteiger partial charge in [0.1, 0.15) is 28.4 Å². The molecule has 11 heteroatoms. The van der Waals surface area contributed by atoms with Gasteiger partial charge in [0.05, 0.1) is 22.9 Å². The Kier molecular flexibility index (Phi) is 5.94. The van der Waals surface area contributed by atoms with E-state index in [4.69, 9.17) is 4.98 Å². The normalized spacial score (nSPS) is 21.7. The van der Waals surface area contributed by atoms with Gasteiger partial charge >= 0.3 is 0 Å². The van der Waals surface area contributed by atoms with Gasteiger partial charge in [0.25, 0.3) is 0 Å². The van der Waals surface area contributed by atoms with E-state index in [1.54, 1.807) is 53.2 Å². The lowest BCUT2D eigenvalue weighted by atomic mass is 9.97. The van der Waals surface area contributed by atoms with Crippen molar-refractivity contribution in [3.63, 3.8) is 0 Å². The first-order valence-corrected chi connectivity index (χ1v) is 13.5. The smallest absolute Gasteiger partial charge is 0.245 e. The molecule has 4 aromatic heterocycles. The molecule has 1 saturated carbocycles. The zero-order valence-corrected chi connectivity index (χ0v) is 23.6. The Bertz CT molecular complexity index is 1680. The van der Waals surface area contributed by atoms with Crippen LogP contribution in [0.2, 0.25) is 0 Å². The number of aromatic nitrogens is 6. The van der Waals surface area contributed by atoms with Gasteiger partial charge in [-0.1, -0.05) is 13.0 Å². The number of Topliss-reactive ketones (excluding diaryl/α,β-unsaturated/α-hetero) is 2. The molecular weight excluding hydrogens is 562 g/mol. The van der Waals surface area contributed by atoms with Gasteiger partial charge in [0.15, 0.2) is 5.78 Å². The van der Waals surface area contributed by atoms with E-state index in [1.165, 1.54) is 6.92 Å². The van der Waals surface area contributed by atoms with Crippen LogP contribution in [0.15, 0.2) is 41.3 Å². The maximum atomic E-state index is 13.8. The Morgan fingerprint density at radius 2 is 1.85 bits per heavy atom. The second-order valence-electron chi connectivity index (χ2n) is 10.7. The number of aryl methyl sites for hydroxylation is 2. The average Bonchev–Trinajstić information content (AvgIpc) is 3.25. The summed E-state index contributed by atoms with van der Waals surface area (Å²) >= 11 is 3.33. The minimum atomic E-state index is -0.593. The van der Waals surface area contributed by atoms with Crippen molar-refractivity contribution in [3.05, 3.63) is 64.2 Å². The molecule has 2 aliphatic rings. The fourth-order valence-electron chi connectivity index (χ4n) is 5.73. The molecule has 0 aromatic carbocycles. The van der Waals surface area contributed by atoms with Gasteiger partial charge in [0.2, 0.25) is 11.7 Å². The molecule has 5 heterocycles. The number of nitrogens with zero attached hydrogens (tertiary/aromatic N) is 7. The third-order valence-electron chi connectivity index (χ3n) is 7.79. The number of halogens is 1. The summed E-state index contributed by atoms with van der Waals surface area (Å²) in [5, 5.41) is 5.16. The van der Waals surface area contributed by atoms with E-state index in [0.717, 1.165) is 12.0 Å². The van der Waals surface area contributed by atoms with Gasteiger partial charge in [-0.25, -0.2) is 15.0 Å². The second kappa shape index (κ2) is 9.11. The zero-order chi connectivity index (χ0) is 27.6. The molecule has 6 rings (SSSR count). The van der Waals surface area contributed by atoms with E-state index in [2.05, 4.69) is 42.9 Å². The summed E-state index contributed by atoms with van der Waals surface area (Å²) in [5.74, 6) is 0.0428. The van der Waals surface area contributed by atoms with Crippen LogP contribution < -0.4 is 0 Å². The molecule has 198 valence electrons. The highest BCUT2D eigenvalue weighted by Crippen LogP contribution is 2.59. The molecule has 1 amide bonds. The second-order valence-corrected chi connectivity index (χ2v) is 11.5. The molecule has 1 aliphatic carbocycles. The highest BCUT2D eigenvalue weighted by Gasteiger charge is 2.64. The number of amides is 1. The number of hydrogen-bond acceptors (Lipinski definition) is 8. The SMILES string of the molecule is CC(=O)c1nn(CC(=O)N2C(C(=O)c3cccc(Br)n3)CC3(C)CC23)c2c(C)nc(-c3cnc(C)nc3)cc12. The molecule has 0 bridgehead atoms. The molecule has 10 nitrogen and oxygen atoms in total. The van der Waals surface area contributed by atoms with E-state index >= 15 is 0 Å². The van der Waals surface area contributed by atoms with Crippen molar-refractivity contribution in [3.8, 4) is 11.3 Å². The number of hydrogen-bond donors (Lipinski definition) is 0. The predicted molar refractivity (Wildman–Crippen MR) is 146 cm³/mol. The molecule has 0 spiro atoms. The number of fused-ring (bicyclic) bond motifs is 2. The lowest BCUT2D eigenvalue weighted by Gasteiger charge is -2.26. The fourth-order valence-corrected chi connectivity index (χ4v) is 6.07. The van der Waals surface area contributed by atoms with Gasteiger partial charge in [-0.05, 0) is 66.2 Å². The summed E-state index contributed by atoms with van der Waals surface area (Å²) in [7, 11) is 0. The molecule has 3 atom stereocenters. The van der Waals surface area contributed by atoms with Gasteiger partial charge in [-0.3, -0.25) is 24.0 Å². The lowest BCUT2D eigenvalue weighted by Crippen LogP contribution is -2.45. The summed E-state index contributed by atoms with van der Waals surface area (Å²) in [6.07, 6.45) is 4.83. The van der Waals surface area contributed by atoms with Crippen LogP contribution in [-0.4, -0.2) is 64.2 Å². The number of carbonyl (C=O) groups excluding carboxylic acids is 3. The Labute approximate surface area is 233 Å². The van der Waals surface area contributed by atoms with Crippen LogP contribution in [-0.2, 0) is 11.3 Å². The van der Waals surface area contributed by atoms with Crippen LogP contribution in [0.5, 0.6) is 0 Å². The number of rotatable bonds is 6. The molecule has 2 fully saturated rings. The molecular formula is C28H26BrN7O3. The van der Waals surface area contributed by atoms with E-state index in [0.29, 0.717) is 44.8 Å². The number of carbonyl (C=O) groups is 3. The van der Waals surface area contributed by atoms with Crippen molar-refractivity contribution in [1.82, 2.24) is 34.6 Å². The Morgan fingerprint density at radius 1 is 1.10 bits per heavy atom. The molecule has 4 aromatic rings. The van der Waals surface area contributed by atoms with E-state index in [9.17, 15) is 14.4 Å². The number of piperidine rings is 1. The van der Waals surface area contributed by atoms with Gasteiger partial charge < -0.3 is 4.90 Å². The van der Waals surface area contributed by atoms with Crippen LogP contribution in [0.1, 0.15) is 59.2 Å². The highest BCUT2D eigenvalue weighted by atomic mass is 79.9. The Morgan fingerprint density at radius 3 is 2.54 bits per heavy atom. The van der Waals surface area contributed by atoms with E-state index < -0.39 is 6.04 Å². The zero-order valence-electron chi connectivity index (χ0n) is 22.0. The minimum absolute atomic E-state index is 0.00688. The summed E-state index contributed by atoms with van der Waals surface area (Å²) < 4.78 is 2.11. The first-order chi connectivity index (χ1) is 18.6. The van der Waals surface area contributed by atoms with Crippen LogP contribution in [0, 0.1) is 19.3 Å². The molecule has 0 N–H and O–H groups in total.